The van der Waals surface area contributed by atoms with E-state index < -0.39 is 11.6 Å². The van der Waals surface area contributed by atoms with E-state index in [4.69, 9.17) is 0 Å². The number of hydrogen-bond donors (Lipinski definition) is 1. The van der Waals surface area contributed by atoms with E-state index >= 15 is 0 Å². The molecule has 0 saturated carbocycles. The molecule has 0 amide bonds. The smallest absolute Gasteiger partial charge is 0.130 e. The van der Waals surface area contributed by atoms with E-state index in [9.17, 15) is 8.78 Å². The van der Waals surface area contributed by atoms with Gasteiger partial charge in [0.05, 0.1) is 0 Å². The molecule has 1 rings (SSSR count). The second-order valence-electron chi connectivity index (χ2n) is 4.40. The number of nitrogens with one attached hydrogen (secondary N) is 1. The molecule has 0 heterocycles. The van der Waals surface area contributed by atoms with Crippen molar-refractivity contribution in [3.8, 4) is 0 Å². The fraction of sp³-hybridized carbons (Fsp3) is 0.571. The van der Waals surface area contributed by atoms with Crippen LogP contribution in [0.4, 0.5) is 8.78 Å². The predicted molar refractivity (Wildman–Crippen MR) is 66.9 cm³/mol. The van der Waals surface area contributed by atoms with Gasteiger partial charge in [0.25, 0.3) is 0 Å². The Hall–Kier alpha value is -0.960. The minimum absolute atomic E-state index is 0.0720. The third kappa shape index (κ3) is 4.82. The van der Waals surface area contributed by atoms with Crippen LogP contribution < -0.4 is 5.32 Å². The first kappa shape index (κ1) is 14.1. The first-order valence-corrected chi connectivity index (χ1v) is 6.33. The molecule has 0 aromatic heterocycles. The van der Waals surface area contributed by atoms with Crippen molar-refractivity contribution in [2.75, 3.05) is 6.54 Å². The highest BCUT2D eigenvalue weighted by Gasteiger charge is 2.10. The Bertz CT molecular complexity index is 339. The molecule has 0 spiro atoms. The lowest BCUT2D eigenvalue weighted by atomic mass is 10.1. The molecule has 1 unspecified atom stereocenters. The summed E-state index contributed by atoms with van der Waals surface area (Å²) < 4.78 is 26.2. The molecule has 0 radical (unpaired) electrons. The van der Waals surface area contributed by atoms with E-state index in [0.29, 0.717) is 5.56 Å². The van der Waals surface area contributed by atoms with Crippen molar-refractivity contribution in [1.82, 2.24) is 5.32 Å². The number of unbranched alkanes of at least 4 members (excludes halogenated alkanes) is 3. The zero-order chi connectivity index (χ0) is 12.7. The third-order valence-corrected chi connectivity index (χ3v) is 2.91. The van der Waals surface area contributed by atoms with Crippen molar-refractivity contribution in [1.29, 1.82) is 0 Å². The van der Waals surface area contributed by atoms with Gasteiger partial charge in [-0.2, -0.15) is 0 Å². The van der Waals surface area contributed by atoms with Gasteiger partial charge in [-0.05, 0) is 26.0 Å². The molecule has 96 valence electrons. The molecule has 1 aromatic carbocycles. The van der Waals surface area contributed by atoms with Crippen LogP contribution in [0.3, 0.4) is 0 Å². The topological polar surface area (TPSA) is 12.0 Å². The van der Waals surface area contributed by atoms with Crippen molar-refractivity contribution < 1.29 is 8.78 Å². The van der Waals surface area contributed by atoms with E-state index in [0.717, 1.165) is 19.0 Å². The van der Waals surface area contributed by atoms with Crippen LogP contribution in [0.1, 0.15) is 51.1 Å². The first-order chi connectivity index (χ1) is 8.15. The summed E-state index contributed by atoms with van der Waals surface area (Å²) in [5, 5.41) is 3.26. The molecular formula is C14H21F2N. The summed E-state index contributed by atoms with van der Waals surface area (Å²) >= 11 is 0. The largest absolute Gasteiger partial charge is 0.310 e. The highest BCUT2D eigenvalue weighted by molar-refractivity contribution is 5.21. The fourth-order valence-corrected chi connectivity index (χ4v) is 1.83. The minimum Gasteiger partial charge on any atom is -0.310 e. The number of rotatable bonds is 7. The van der Waals surface area contributed by atoms with E-state index in [2.05, 4.69) is 12.2 Å². The van der Waals surface area contributed by atoms with Crippen LogP contribution >= 0.6 is 0 Å². The standard InChI is InChI=1S/C14H21F2N/c1-3-4-5-6-9-17-11(2)13-8-7-12(15)10-14(13)16/h7-8,10-11,17H,3-6,9H2,1-2H3. The second-order valence-corrected chi connectivity index (χ2v) is 4.40. The lowest BCUT2D eigenvalue weighted by Gasteiger charge is -2.14. The maximum atomic E-state index is 13.5. The van der Waals surface area contributed by atoms with Crippen molar-refractivity contribution in [3.63, 3.8) is 0 Å². The fourth-order valence-electron chi connectivity index (χ4n) is 1.83. The molecule has 0 bridgehead atoms. The van der Waals surface area contributed by atoms with Gasteiger partial charge >= 0.3 is 0 Å². The van der Waals surface area contributed by atoms with Gasteiger partial charge in [-0.25, -0.2) is 8.78 Å². The van der Waals surface area contributed by atoms with Crippen LogP contribution in [0, 0.1) is 11.6 Å². The van der Waals surface area contributed by atoms with Crippen LogP contribution in [-0.2, 0) is 0 Å². The summed E-state index contributed by atoms with van der Waals surface area (Å²) in [6.45, 7) is 4.94. The molecule has 0 saturated heterocycles. The molecule has 17 heavy (non-hydrogen) atoms. The van der Waals surface area contributed by atoms with Crippen LogP contribution in [0.5, 0.6) is 0 Å². The zero-order valence-corrected chi connectivity index (χ0v) is 10.6. The van der Waals surface area contributed by atoms with Gasteiger partial charge in [0.1, 0.15) is 11.6 Å². The van der Waals surface area contributed by atoms with Gasteiger partial charge in [0.2, 0.25) is 0 Å². The Kier molecular flexibility index (Phi) is 6.12. The van der Waals surface area contributed by atoms with Crippen LogP contribution in [0.2, 0.25) is 0 Å². The van der Waals surface area contributed by atoms with Gasteiger partial charge in [0, 0.05) is 17.7 Å². The molecule has 3 heteroatoms. The quantitative estimate of drug-likeness (QED) is 0.706. The molecule has 0 aliphatic carbocycles. The van der Waals surface area contributed by atoms with E-state index in [1.165, 1.54) is 31.4 Å². The maximum absolute atomic E-state index is 13.5. The van der Waals surface area contributed by atoms with Crippen molar-refractivity contribution in [3.05, 3.63) is 35.4 Å². The van der Waals surface area contributed by atoms with Crippen LogP contribution in [0.25, 0.3) is 0 Å². The molecular weight excluding hydrogens is 220 g/mol. The molecule has 1 N–H and O–H groups in total. The van der Waals surface area contributed by atoms with E-state index in [1.54, 1.807) is 0 Å². The highest BCUT2D eigenvalue weighted by atomic mass is 19.1. The molecule has 1 atom stereocenters. The van der Waals surface area contributed by atoms with Gasteiger partial charge in [-0.1, -0.05) is 32.3 Å². The van der Waals surface area contributed by atoms with Gasteiger partial charge in [-0.15, -0.1) is 0 Å². The van der Waals surface area contributed by atoms with Gasteiger partial charge in [0.15, 0.2) is 0 Å². The summed E-state index contributed by atoms with van der Waals surface area (Å²) in [6.07, 6.45) is 4.74. The Morgan fingerprint density at radius 3 is 2.59 bits per heavy atom. The van der Waals surface area contributed by atoms with Crippen LogP contribution in [-0.4, -0.2) is 6.54 Å². The number of hydrogen-bond acceptors (Lipinski definition) is 1. The molecule has 0 aliphatic rings. The minimum atomic E-state index is -0.526. The Labute approximate surface area is 102 Å². The third-order valence-electron chi connectivity index (χ3n) is 2.91. The average Bonchev–Trinajstić information content (AvgIpc) is 2.28. The Morgan fingerprint density at radius 1 is 1.18 bits per heavy atom. The molecule has 0 fully saturated rings. The zero-order valence-electron chi connectivity index (χ0n) is 10.6. The predicted octanol–water partition coefficient (Wildman–Crippen LogP) is 4.20. The van der Waals surface area contributed by atoms with Gasteiger partial charge in [-0.3, -0.25) is 0 Å². The van der Waals surface area contributed by atoms with Crippen LogP contribution in [0.15, 0.2) is 18.2 Å². The van der Waals surface area contributed by atoms with Crippen molar-refractivity contribution in [2.24, 2.45) is 0 Å². The average molecular weight is 241 g/mol. The Balaban J connectivity index is 2.38. The van der Waals surface area contributed by atoms with E-state index in [1.807, 2.05) is 6.92 Å². The first-order valence-electron chi connectivity index (χ1n) is 6.33. The highest BCUT2D eigenvalue weighted by Crippen LogP contribution is 2.17. The monoisotopic (exact) mass is 241 g/mol. The summed E-state index contributed by atoms with van der Waals surface area (Å²) in [5.41, 5.74) is 0.530. The number of halogens is 2. The van der Waals surface area contributed by atoms with Crippen molar-refractivity contribution >= 4 is 0 Å². The van der Waals surface area contributed by atoms with Crippen molar-refractivity contribution in [2.45, 2.75) is 45.6 Å². The number of benzene rings is 1. The molecule has 1 nitrogen and oxygen atoms in total. The molecule has 0 aliphatic heterocycles. The van der Waals surface area contributed by atoms with Gasteiger partial charge < -0.3 is 5.32 Å². The summed E-state index contributed by atoms with van der Waals surface area (Å²) in [4.78, 5) is 0. The summed E-state index contributed by atoms with van der Waals surface area (Å²) in [5.74, 6) is -1.00. The lowest BCUT2D eigenvalue weighted by Crippen LogP contribution is -2.20. The maximum Gasteiger partial charge on any atom is 0.130 e. The normalized spacial score (nSPS) is 12.7. The summed E-state index contributed by atoms with van der Waals surface area (Å²) in [6, 6.07) is 3.67. The Morgan fingerprint density at radius 2 is 1.94 bits per heavy atom. The SMILES string of the molecule is CCCCCCNC(C)c1ccc(F)cc1F. The summed E-state index contributed by atoms with van der Waals surface area (Å²) in [7, 11) is 0. The molecule has 1 aromatic rings. The second kappa shape index (κ2) is 7.38. The van der Waals surface area contributed by atoms with E-state index in [-0.39, 0.29) is 6.04 Å². The lowest BCUT2D eigenvalue weighted by molar-refractivity contribution is 0.503.